The van der Waals surface area contributed by atoms with Gasteiger partial charge in [-0.05, 0) is 32.6 Å². The molecule has 6 heteroatoms. The number of carboxylic acid groups (broad SMARTS) is 1. The number of carboxylic acids is 1. The Bertz CT molecular complexity index is 462. The average Bonchev–Trinajstić information content (AvgIpc) is 2.56. The normalized spacial score (nSPS) is 21.0. The molecule has 1 fully saturated rings. The van der Waals surface area contributed by atoms with Crippen LogP contribution in [0, 0.1) is 11.8 Å². The van der Waals surface area contributed by atoms with Gasteiger partial charge in [-0.25, -0.2) is 4.79 Å². The van der Waals surface area contributed by atoms with Crippen molar-refractivity contribution in [3.8, 4) is 0 Å². The number of allylic oxidation sites excluding steroid dienone is 1. The predicted octanol–water partition coefficient (Wildman–Crippen LogP) is 1.81. The molecule has 1 heterocycles. The lowest BCUT2D eigenvalue weighted by molar-refractivity contribution is -0.144. The van der Waals surface area contributed by atoms with E-state index in [9.17, 15) is 19.5 Å². The molecule has 0 aromatic rings. The number of carbonyl (C=O) groups is 3. The van der Waals surface area contributed by atoms with Gasteiger partial charge in [0.05, 0.1) is 5.92 Å². The fraction of sp³-hybridized carbons (Fsp3) is 0.706. The summed E-state index contributed by atoms with van der Waals surface area (Å²) in [7, 11) is 0. The van der Waals surface area contributed by atoms with Crippen LogP contribution >= 0.6 is 0 Å². The number of hydrogen-bond donors (Lipinski definition) is 2. The van der Waals surface area contributed by atoms with Crippen LogP contribution < -0.4 is 5.32 Å². The Morgan fingerprint density at radius 2 is 2.09 bits per heavy atom. The first-order valence-electron chi connectivity index (χ1n) is 8.33. The number of nitrogens with zero attached hydrogens (tertiary/aromatic N) is 1. The van der Waals surface area contributed by atoms with Crippen molar-refractivity contribution in [2.75, 3.05) is 13.1 Å². The Balaban J connectivity index is 2.64. The Morgan fingerprint density at radius 1 is 1.39 bits per heavy atom. The Kier molecular flexibility index (Phi) is 7.78. The second kappa shape index (κ2) is 9.33. The zero-order valence-corrected chi connectivity index (χ0v) is 14.2. The lowest BCUT2D eigenvalue weighted by atomic mass is 9.95. The van der Waals surface area contributed by atoms with Crippen molar-refractivity contribution in [1.29, 1.82) is 0 Å². The molecule has 1 aliphatic heterocycles. The van der Waals surface area contributed by atoms with Crippen LogP contribution in [0.2, 0.25) is 0 Å². The third kappa shape index (κ3) is 5.69. The van der Waals surface area contributed by atoms with Crippen molar-refractivity contribution in [3.63, 3.8) is 0 Å². The van der Waals surface area contributed by atoms with E-state index in [-0.39, 0.29) is 30.1 Å². The number of likely N-dealkylation sites (tertiary alicyclic amines) is 1. The van der Waals surface area contributed by atoms with E-state index in [1.807, 2.05) is 13.8 Å². The third-order valence-electron chi connectivity index (χ3n) is 4.36. The molecule has 0 aromatic carbocycles. The molecule has 1 rings (SSSR count). The first-order chi connectivity index (χ1) is 10.9. The highest BCUT2D eigenvalue weighted by Crippen LogP contribution is 2.19. The maximum Gasteiger partial charge on any atom is 0.326 e. The molecule has 1 saturated heterocycles. The van der Waals surface area contributed by atoms with Crippen molar-refractivity contribution in [2.45, 2.75) is 52.5 Å². The molecule has 2 amide bonds. The summed E-state index contributed by atoms with van der Waals surface area (Å²) in [6.07, 6.45) is 5.98. The zero-order valence-electron chi connectivity index (χ0n) is 14.2. The molecule has 2 N–H and O–H groups in total. The second-order valence-electron chi connectivity index (χ2n) is 6.14. The average molecular weight is 324 g/mol. The fourth-order valence-electron chi connectivity index (χ4n) is 2.66. The van der Waals surface area contributed by atoms with E-state index >= 15 is 0 Å². The maximum absolute atomic E-state index is 12.3. The van der Waals surface area contributed by atoms with Gasteiger partial charge in [0.1, 0.15) is 6.04 Å². The Hall–Kier alpha value is -1.85. The first-order valence-corrected chi connectivity index (χ1v) is 8.33. The minimum Gasteiger partial charge on any atom is -0.480 e. The molecule has 0 aliphatic carbocycles. The standard InChI is InChI=1S/C17H28N2O4/c1-4-6-9-14(17(22)23)18-15(20)13-8-7-10-19(11-13)16(21)12(3)5-2/h4,6,12-14H,5,7-11H2,1-3H3,(H,18,20)(H,22,23)/b6-4+. The molecular weight excluding hydrogens is 296 g/mol. The Labute approximate surface area is 137 Å². The van der Waals surface area contributed by atoms with Crippen LogP contribution in [0.3, 0.4) is 0 Å². The molecule has 0 bridgehead atoms. The van der Waals surface area contributed by atoms with Gasteiger partial charge in [-0.1, -0.05) is 26.0 Å². The van der Waals surface area contributed by atoms with Crippen LogP contribution in [0.15, 0.2) is 12.2 Å². The zero-order chi connectivity index (χ0) is 17.4. The van der Waals surface area contributed by atoms with Gasteiger partial charge < -0.3 is 15.3 Å². The smallest absolute Gasteiger partial charge is 0.326 e. The van der Waals surface area contributed by atoms with Gasteiger partial charge in [-0.2, -0.15) is 0 Å². The van der Waals surface area contributed by atoms with Crippen LogP contribution in [0.4, 0.5) is 0 Å². The maximum atomic E-state index is 12.3. The summed E-state index contributed by atoms with van der Waals surface area (Å²) in [4.78, 5) is 37.6. The van der Waals surface area contributed by atoms with E-state index < -0.39 is 12.0 Å². The molecule has 130 valence electrons. The lowest BCUT2D eigenvalue weighted by Gasteiger charge is -2.34. The molecule has 0 saturated carbocycles. The number of carbonyl (C=O) groups excluding carboxylic acids is 2. The number of piperidine rings is 1. The third-order valence-corrected chi connectivity index (χ3v) is 4.36. The number of amides is 2. The van der Waals surface area contributed by atoms with Crippen molar-refractivity contribution in [3.05, 3.63) is 12.2 Å². The van der Waals surface area contributed by atoms with E-state index in [1.165, 1.54) is 0 Å². The number of nitrogens with one attached hydrogen (secondary N) is 1. The predicted molar refractivity (Wildman–Crippen MR) is 87.8 cm³/mol. The molecular formula is C17H28N2O4. The highest BCUT2D eigenvalue weighted by atomic mass is 16.4. The summed E-state index contributed by atoms with van der Waals surface area (Å²) in [5.41, 5.74) is 0. The first kappa shape index (κ1) is 19.2. The van der Waals surface area contributed by atoms with Crippen LogP contribution in [-0.4, -0.2) is 46.9 Å². The van der Waals surface area contributed by atoms with Crippen LogP contribution in [0.5, 0.6) is 0 Å². The molecule has 3 atom stereocenters. The van der Waals surface area contributed by atoms with Crippen molar-refractivity contribution in [1.82, 2.24) is 10.2 Å². The van der Waals surface area contributed by atoms with Gasteiger partial charge >= 0.3 is 5.97 Å². The fourth-order valence-corrected chi connectivity index (χ4v) is 2.66. The SMILES string of the molecule is C/C=C/CC(NC(=O)C1CCCN(C(=O)C(C)CC)C1)C(=O)O. The molecule has 6 nitrogen and oxygen atoms in total. The Morgan fingerprint density at radius 3 is 2.65 bits per heavy atom. The van der Waals surface area contributed by atoms with E-state index in [0.717, 1.165) is 12.8 Å². The highest BCUT2D eigenvalue weighted by molar-refractivity contribution is 5.86. The summed E-state index contributed by atoms with van der Waals surface area (Å²) in [5, 5.41) is 11.8. The van der Waals surface area contributed by atoms with Gasteiger partial charge in [0.2, 0.25) is 11.8 Å². The van der Waals surface area contributed by atoms with E-state index in [4.69, 9.17) is 0 Å². The minimum absolute atomic E-state index is 0.0433. The molecule has 3 unspecified atom stereocenters. The lowest BCUT2D eigenvalue weighted by Crippen LogP contribution is -2.50. The molecule has 23 heavy (non-hydrogen) atoms. The van der Waals surface area contributed by atoms with E-state index in [1.54, 1.807) is 24.0 Å². The summed E-state index contributed by atoms with van der Waals surface area (Å²) >= 11 is 0. The van der Waals surface area contributed by atoms with E-state index in [0.29, 0.717) is 19.5 Å². The van der Waals surface area contributed by atoms with Crippen LogP contribution in [-0.2, 0) is 14.4 Å². The number of hydrogen-bond acceptors (Lipinski definition) is 3. The van der Waals surface area contributed by atoms with Gasteiger partial charge in [0, 0.05) is 19.0 Å². The number of aliphatic carboxylic acids is 1. The summed E-state index contributed by atoms with van der Waals surface area (Å²) in [6, 6.07) is -0.917. The van der Waals surface area contributed by atoms with Crippen molar-refractivity contribution < 1.29 is 19.5 Å². The van der Waals surface area contributed by atoms with Crippen molar-refractivity contribution in [2.24, 2.45) is 11.8 Å². The van der Waals surface area contributed by atoms with Gasteiger partial charge in [0.25, 0.3) is 0 Å². The van der Waals surface area contributed by atoms with Crippen molar-refractivity contribution >= 4 is 17.8 Å². The highest BCUT2D eigenvalue weighted by Gasteiger charge is 2.31. The summed E-state index contributed by atoms with van der Waals surface area (Å²) in [5.74, 6) is -1.61. The minimum atomic E-state index is -1.04. The summed E-state index contributed by atoms with van der Waals surface area (Å²) < 4.78 is 0. The van der Waals surface area contributed by atoms with Crippen LogP contribution in [0.1, 0.15) is 46.5 Å². The largest absolute Gasteiger partial charge is 0.480 e. The summed E-state index contributed by atoms with van der Waals surface area (Å²) in [6.45, 7) is 6.72. The van der Waals surface area contributed by atoms with Gasteiger partial charge in [0.15, 0.2) is 0 Å². The van der Waals surface area contributed by atoms with Crippen LogP contribution in [0.25, 0.3) is 0 Å². The second-order valence-corrected chi connectivity index (χ2v) is 6.14. The van der Waals surface area contributed by atoms with E-state index in [2.05, 4.69) is 5.32 Å². The van der Waals surface area contributed by atoms with Gasteiger partial charge in [-0.15, -0.1) is 0 Å². The molecule has 0 spiro atoms. The molecule has 0 radical (unpaired) electrons. The van der Waals surface area contributed by atoms with Gasteiger partial charge in [-0.3, -0.25) is 9.59 Å². The monoisotopic (exact) mass is 324 g/mol. The quantitative estimate of drug-likeness (QED) is 0.699. The number of rotatable bonds is 7. The molecule has 1 aliphatic rings. The topological polar surface area (TPSA) is 86.7 Å². The molecule has 0 aromatic heterocycles.